The van der Waals surface area contributed by atoms with Crippen LogP contribution in [0.25, 0.3) is 10.9 Å². The fraction of sp³-hybridized carbons (Fsp3) is 0.375. The number of carboxylic acid groups (broad SMARTS) is 1. The molecular formula is C16H18N2O2. The zero-order valence-corrected chi connectivity index (χ0v) is 11.5. The number of rotatable bonds is 3. The number of fused-ring (bicyclic) bond motifs is 1. The Balaban J connectivity index is 2.15. The second-order valence-corrected chi connectivity index (χ2v) is 5.35. The summed E-state index contributed by atoms with van der Waals surface area (Å²) in [6.45, 7) is 4.05. The molecule has 0 bridgehead atoms. The Morgan fingerprint density at radius 2 is 2.25 bits per heavy atom. The summed E-state index contributed by atoms with van der Waals surface area (Å²) in [4.78, 5) is 18.0. The molecule has 1 unspecified atom stereocenters. The van der Waals surface area contributed by atoms with E-state index in [4.69, 9.17) is 0 Å². The minimum absolute atomic E-state index is 0.306. The van der Waals surface area contributed by atoms with Gasteiger partial charge in [0.15, 0.2) is 0 Å². The average molecular weight is 270 g/mol. The normalized spacial score (nSPS) is 18.6. The molecule has 1 saturated heterocycles. The molecule has 0 spiro atoms. The number of aromatic carboxylic acids is 1. The lowest BCUT2D eigenvalue weighted by Crippen LogP contribution is -2.22. The summed E-state index contributed by atoms with van der Waals surface area (Å²) in [5.41, 5.74) is 1.99. The third-order valence-electron chi connectivity index (χ3n) is 4.16. The molecule has 2 aromatic rings. The highest BCUT2D eigenvalue weighted by molar-refractivity contribution is 6.04. The first-order chi connectivity index (χ1) is 9.70. The number of anilines is 1. The van der Waals surface area contributed by atoms with Crippen LogP contribution < -0.4 is 4.90 Å². The standard InChI is InChI=1S/C16H18N2O2/c1-2-11-7-8-18(10-11)15-12-5-3-4-6-14(12)17-9-13(15)16(19)20/h3-6,9,11H,2,7-8,10H2,1H3,(H,19,20). The molecule has 3 rings (SSSR count). The maximum Gasteiger partial charge on any atom is 0.339 e. The summed E-state index contributed by atoms with van der Waals surface area (Å²) in [6.07, 6.45) is 3.76. The van der Waals surface area contributed by atoms with Gasteiger partial charge in [-0.25, -0.2) is 4.79 Å². The number of carbonyl (C=O) groups is 1. The number of nitrogens with zero attached hydrogens (tertiary/aromatic N) is 2. The predicted octanol–water partition coefficient (Wildman–Crippen LogP) is 3.17. The molecule has 1 atom stereocenters. The largest absolute Gasteiger partial charge is 0.478 e. The Labute approximate surface area is 118 Å². The van der Waals surface area contributed by atoms with Crippen molar-refractivity contribution in [1.82, 2.24) is 4.98 Å². The minimum Gasteiger partial charge on any atom is -0.478 e. The van der Waals surface area contributed by atoms with Crippen LogP contribution in [0, 0.1) is 5.92 Å². The molecule has 1 aromatic heterocycles. The zero-order chi connectivity index (χ0) is 14.1. The summed E-state index contributed by atoms with van der Waals surface area (Å²) in [7, 11) is 0. The summed E-state index contributed by atoms with van der Waals surface area (Å²) >= 11 is 0. The van der Waals surface area contributed by atoms with Crippen molar-refractivity contribution >= 4 is 22.6 Å². The fourth-order valence-corrected chi connectivity index (χ4v) is 2.99. The van der Waals surface area contributed by atoms with E-state index in [1.54, 1.807) is 0 Å². The van der Waals surface area contributed by atoms with Crippen molar-refractivity contribution < 1.29 is 9.90 Å². The molecule has 20 heavy (non-hydrogen) atoms. The van der Waals surface area contributed by atoms with Gasteiger partial charge in [-0.2, -0.15) is 0 Å². The Morgan fingerprint density at radius 1 is 1.45 bits per heavy atom. The third-order valence-corrected chi connectivity index (χ3v) is 4.16. The van der Waals surface area contributed by atoms with Gasteiger partial charge in [-0.05, 0) is 18.4 Å². The summed E-state index contributed by atoms with van der Waals surface area (Å²) < 4.78 is 0. The number of pyridine rings is 1. The Hall–Kier alpha value is -2.10. The zero-order valence-electron chi connectivity index (χ0n) is 11.5. The van der Waals surface area contributed by atoms with Gasteiger partial charge < -0.3 is 10.0 Å². The van der Waals surface area contributed by atoms with Gasteiger partial charge >= 0.3 is 5.97 Å². The molecule has 104 valence electrons. The van der Waals surface area contributed by atoms with E-state index < -0.39 is 5.97 Å². The van der Waals surface area contributed by atoms with E-state index in [1.165, 1.54) is 6.20 Å². The van der Waals surface area contributed by atoms with Crippen molar-refractivity contribution in [3.63, 3.8) is 0 Å². The molecule has 0 radical (unpaired) electrons. The molecule has 0 saturated carbocycles. The maximum absolute atomic E-state index is 11.5. The van der Waals surface area contributed by atoms with Gasteiger partial charge in [-0.15, -0.1) is 0 Å². The summed E-state index contributed by atoms with van der Waals surface area (Å²) in [6, 6.07) is 7.76. The van der Waals surface area contributed by atoms with Crippen LogP contribution >= 0.6 is 0 Å². The highest BCUT2D eigenvalue weighted by atomic mass is 16.4. The molecule has 0 aliphatic carbocycles. The van der Waals surface area contributed by atoms with Crippen molar-refractivity contribution in [3.8, 4) is 0 Å². The van der Waals surface area contributed by atoms with Crippen LogP contribution in [0.1, 0.15) is 30.1 Å². The maximum atomic E-state index is 11.5. The predicted molar refractivity (Wildman–Crippen MR) is 79.3 cm³/mol. The molecule has 1 aliphatic rings. The molecule has 4 nitrogen and oxygen atoms in total. The van der Waals surface area contributed by atoms with Gasteiger partial charge in [0, 0.05) is 24.7 Å². The Morgan fingerprint density at radius 3 is 2.95 bits per heavy atom. The smallest absolute Gasteiger partial charge is 0.339 e. The molecule has 1 aromatic carbocycles. The van der Waals surface area contributed by atoms with Crippen LogP contribution in [0.2, 0.25) is 0 Å². The summed E-state index contributed by atoms with van der Waals surface area (Å²) in [5, 5.41) is 10.4. The second-order valence-electron chi connectivity index (χ2n) is 5.35. The van der Waals surface area contributed by atoms with Crippen LogP contribution in [0.4, 0.5) is 5.69 Å². The van der Waals surface area contributed by atoms with Crippen LogP contribution in [0.15, 0.2) is 30.5 Å². The number of carboxylic acids is 1. The molecular weight excluding hydrogens is 252 g/mol. The fourth-order valence-electron chi connectivity index (χ4n) is 2.99. The summed E-state index contributed by atoms with van der Waals surface area (Å²) in [5.74, 6) is -0.248. The Kier molecular flexibility index (Phi) is 3.30. The van der Waals surface area contributed by atoms with E-state index >= 15 is 0 Å². The van der Waals surface area contributed by atoms with Crippen LogP contribution in [0.3, 0.4) is 0 Å². The lowest BCUT2D eigenvalue weighted by atomic mass is 10.1. The monoisotopic (exact) mass is 270 g/mol. The van der Waals surface area contributed by atoms with E-state index in [9.17, 15) is 9.90 Å². The average Bonchev–Trinajstić information content (AvgIpc) is 2.94. The second kappa shape index (κ2) is 5.12. The van der Waals surface area contributed by atoms with Gasteiger partial charge in [0.05, 0.1) is 11.2 Å². The lowest BCUT2D eigenvalue weighted by molar-refractivity contribution is 0.0697. The van der Waals surface area contributed by atoms with Crippen molar-refractivity contribution in [2.45, 2.75) is 19.8 Å². The van der Waals surface area contributed by atoms with E-state index in [1.807, 2.05) is 24.3 Å². The SMILES string of the molecule is CCC1CCN(c2c(C(=O)O)cnc3ccccc23)C1. The first kappa shape index (κ1) is 12.9. The van der Waals surface area contributed by atoms with Gasteiger partial charge in [-0.3, -0.25) is 4.98 Å². The molecule has 0 amide bonds. The van der Waals surface area contributed by atoms with E-state index in [2.05, 4.69) is 16.8 Å². The van der Waals surface area contributed by atoms with Gasteiger partial charge in [0.2, 0.25) is 0 Å². The number of hydrogen-bond donors (Lipinski definition) is 1. The van der Waals surface area contributed by atoms with E-state index in [0.29, 0.717) is 11.5 Å². The van der Waals surface area contributed by atoms with Gasteiger partial charge in [0.25, 0.3) is 0 Å². The molecule has 2 heterocycles. The molecule has 1 aliphatic heterocycles. The number of hydrogen-bond acceptors (Lipinski definition) is 3. The van der Waals surface area contributed by atoms with Gasteiger partial charge in [0.1, 0.15) is 5.56 Å². The molecule has 1 fully saturated rings. The highest BCUT2D eigenvalue weighted by Gasteiger charge is 2.26. The lowest BCUT2D eigenvalue weighted by Gasteiger charge is -2.22. The topological polar surface area (TPSA) is 53.4 Å². The molecule has 1 N–H and O–H groups in total. The van der Waals surface area contributed by atoms with Crippen molar-refractivity contribution in [3.05, 3.63) is 36.0 Å². The number of benzene rings is 1. The first-order valence-electron chi connectivity index (χ1n) is 7.06. The first-order valence-corrected chi connectivity index (χ1v) is 7.06. The van der Waals surface area contributed by atoms with Crippen LogP contribution in [-0.2, 0) is 0 Å². The molecule has 4 heteroatoms. The van der Waals surface area contributed by atoms with Crippen LogP contribution in [-0.4, -0.2) is 29.1 Å². The highest BCUT2D eigenvalue weighted by Crippen LogP contribution is 2.34. The van der Waals surface area contributed by atoms with Crippen molar-refractivity contribution in [1.29, 1.82) is 0 Å². The minimum atomic E-state index is -0.904. The Bertz CT molecular complexity index is 654. The van der Waals surface area contributed by atoms with Gasteiger partial charge in [-0.1, -0.05) is 31.5 Å². The van der Waals surface area contributed by atoms with Crippen molar-refractivity contribution in [2.75, 3.05) is 18.0 Å². The number of para-hydroxylation sites is 1. The van der Waals surface area contributed by atoms with Crippen molar-refractivity contribution in [2.24, 2.45) is 5.92 Å². The van der Waals surface area contributed by atoms with E-state index in [-0.39, 0.29) is 0 Å². The van der Waals surface area contributed by atoms with Crippen LogP contribution in [0.5, 0.6) is 0 Å². The quantitative estimate of drug-likeness (QED) is 0.930. The van der Waals surface area contributed by atoms with E-state index in [0.717, 1.165) is 42.5 Å². The third kappa shape index (κ3) is 2.11. The number of aromatic nitrogens is 1.